The molecule has 0 amide bonds. The van der Waals surface area contributed by atoms with Crippen molar-refractivity contribution >= 4 is 28.4 Å². The van der Waals surface area contributed by atoms with Crippen LogP contribution in [0, 0.1) is 0 Å². The van der Waals surface area contributed by atoms with Crippen LogP contribution < -0.4 is 11.1 Å². The molecule has 0 saturated heterocycles. The number of anilines is 3. The van der Waals surface area contributed by atoms with Crippen molar-refractivity contribution in [2.45, 2.75) is 0 Å². The highest BCUT2D eigenvalue weighted by Gasteiger charge is 2.09. The van der Waals surface area contributed by atoms with Crippen molar-refractivity contribution in [3.8, 4) is 11.3 Å². The third kappa shape index (κ3) is 2.55. The van der Waals surface area contributed by atoms with Crippen LogP contribution in [-0.2, 0) is 0 Å². The number of pyridine rings is 1. The van der Waals surface area contributed by atoms with Gasteiger partial charge < -0.3 is 11.1 Å². The van der Waals surface area contributed by atoms with Crippen LogP contribution in [0.3, 0.4) is 0 Å². The summed E-state index contributed by atoms with van der Waals surface area (Å²) in [5.74, 6) is 0.874. The van der Waals surface area contributed by atoms with E-state index in [9.17, 15) is 0 Å². The van der Waals surface area contributed by atoms with E-state index in [-0.39, 0.29) is 5.95 Å². The van der Waals surface area contributed by atoms with Gasteiger partial charge in [0, 0.05) is 35.2 Å². The van der Waals surface area contributed by atoms with Crippen molar-refractivity contribution in [2.24, 2.45) is 0 Å². The number of hydrogen-bond acceptors (Lipinski definition) is 6. The highest BCUT2D eigenvalue weighted by atomic mass is 15.1. The molecule has 7 heteroatoms. The zero-order chi connectivity index (χ0) is 15.6. The summed E-state index contributed by atoms with van der Waals surface area (Å²) in [5.41, 5.74) is 9.27. The van der Waals surface area contributed by atoms with Crippen LogP contribution in [0.1, 0.15) is 0 Å². The monoisotopic (exact) mass is 303 g/mol. The minimum atomic E-state index is 0.232. The number of H-pyrrole nitrogens is 1. The second-order valence-electron chi connectivity index (χ2n) is 5.00. The topological polar surface area (TPSA) is 105 Å². The standard InChI is InChI=1S/C16H13N7/c17-16-19-7-5-14(21-16)20-11-3-4-13-12(8-11)15(23-22-13)10-2-1-6-18-9-10/h1-9H,(H,22,23)(H3,17,19,20,21). The fourth-order valence-corrected chi connectivity index (χ4v) is 2.41. The van der Waals surface area contributed by atoms with E-state index in [1.807, 2.05) is 30.3 Å². The zero-order valence-electron chi connectivity index (χ0n) is 12.1. The van der Waals surface area contributed by atoms with E-state index in [1.54, 1.807) is 24.7 Å². The van der Waals surface area contributed by atoms with E-state index in [2.05, 4.69) is 30.5 Å². The van der Waals surface area contributed by atoms with Crippen LogP contribution in [-0.4, -0.2) is 25.1 Å². The smallest absolute Gasteiger partial charge is 0.221 e. The lowest BCUT2D eigenvalue weighted by Gasteiger charge is -2.06. The molecule has 0 unspecified atom stereocenters. The molecule has 4 N–H and O–H groups in total. The first kappa shape index (κ1) is 13.2. The molecule has 0 aliphatic heterocycles. The number of aromatic amines is 1. The van der Waals surface area contributed by atoms with Crippen LogP contribution in [0.5, 0.6) is 0 Å². The second kappa shape index (κ2) is 5.38. The van der Waals surface area contributed by atoms with Crippen molar-refractivity contribution in [3.63, 3.8) is 0 Å². The molecule has 0 aliphatic carbocycles. The van der Waals surface area contributed by atoms with Crippen molar-refractivity contribution in [3.05, 3.63) is 55.0 Å². The van der Waals surface area contributed by atoms with Gasteiger partial charge in [0.2, 0.25) is 5.95 Å². The molecule has 0 atom stereocenters. The summed E-state index contributed by atoms with van der Waals surface area (Å²) < 4.78 is 0. The highest BCUT2D eigenvalue weighted by molar-refractivity contribution is 5.95. The van der Waals surface area contributed by atoms with E-state index in [1.165, 1.54) is 0 Å². The highest BCUT2D eigenvalue weighted by Crippen LogP contribution is 2.28. The molecule has 1 aromatic carbocycles. The lowest BCUT2D eigenvalue weighted by molar-refractivity contribution is 1.12. The van der Waals surface area contributed by atoms with Gasteiger partial charge in [0.1, 0.15) is 11.5 Å². The predicted octanol–water partition coefficient (Wildman–Crippen LogP) is 2.74. The van der Waals surface area contributed by atoms with Crippen molar-refractivity contribution in [2.75, 3.05) is 11.1 Å². The van der Waals surface area contributed by atoms with Gasteiger partial charge in [-0.3, -0.25) is 10.1 Å². The average molecular weight is 303 g/mol. The fraction of sp³-hybridized carbons (Fsp3) is 0. The van der Waals surface area contributed by atoms with Crippen molar-refractivity contribution in [1.82, 2.24) is 25.1 Å². The first-order valence-corrected chi connectivity index (χ1v) is 7.04. The maximum atomic E-state index is 5.60. The number of aromatic nitrogens is 5. The van der Waals surface area contributed by atoms with Gasteiger partial charge in [0.15, 0.2) is 0 Å². The third-order valence-electron chi connectivity index (χ3n) is 3.44. The summed E-state index contributed by atoms with van der Waals surface area (Å²) in [6.07, 6.45) is 5.15. The van der Waals surface area contributed by atoms with Crippen LogP contribution in [0.15, 0.2) is 55.0 Å². The van der Waals surface area contributed by atoms with Gasteiger partial charge in [-0.1, -0.05) is 0 Å². The molecule has 7 nitrogen and oxygen atoms in total. The number of nitrogens with two attached hydrogens (primary N) is 1. The third-order valence-corrected chi connectivity index (χ3v) is 3.44. The molecule has 3 heterocycles. The summed E-state index contributed by atoms with van der Waals surface area (Å²) in [6.45, 7) is 0. The fourth-order valence-electron chi connectivity index (χ4n) is 2.41. The van der Waals surface area contributed by atoms with Gasteiger partial charge in [0.05, 0.1) is 5.52 Å². The second-order valence-corrected chi connectivity index (χ2v) is 5.00. The van der Waals surface area contributed by atoms with Crippen LogP contribution in [0.2, 0.25) is 0 Å². The van der Waals surface area contributed by atoms with E-state index < -0.39 is 0 Å². The molecule has 4 aromatic rings. The number of nitrogens with one attached hydrogen (secondary N) is 2. The number of rotatable bonds is 3. The summed E-state index contributed by atoms with van der Waals surface area (Å²) in [6, 6.07) is 11.6. The molecule has 23 heavy (non-hydrogen) atoms. The molecular weight excluding hydrogens is 290 g/mol. The maximum absolute atomic E-state index is 5.60. The van der Waals surface area contributed by atoms with Crippen LogP contribution in [0.25, 0.3) is 22.2 Å². The van der Waals surface area contributed by atoms with Gasteiger partial charge in [0.25, 0.3) is 0 Å². The lowest BCUT2D eigenvalue weighted by Crippen LogP contribution is -1.98. The maximum Gasteiger partial charge on any atom is 0.221 e. The van der Waals surface area contributed by atoms with E-state index >= 15 is 0 Å². The number of benzene rings is 1. The number of fused-ring (bicyclic) bond motifs is 1. The largest absolute Gasteiger partial charge is 0.368 e. The Morgan fingerprint density at radius 2 is 2.04 bits per heavy atom. The first-order valence-electron chi connectivity index (χ1n) is 7.04. The molecule has 4 rings (SSSR count). The lowest BCUT2D eigenvalue weighted by atomic mass is 10.1. The molecule has 0 saturated carbocycles. The zero-order valence-corrected chi connectivity index (χ0v) is 12.1. The Morgan fingerprint density at radius 3 is 2.87 bits per heavy atom. The Balaban J connectivity index is 1.75. The Labute approximate surface area is 131 Å². The van der Waals surface area contributed by atoms with Crippen molar-refractivity contribution < 1.29 is 0 Å². The summed E-state index contributed by atoms with van der Waals surface area (Å²) in [4.78, 5) is 12.2. The Kier molecular flexibility index (Phi) is 3.09. The first-order chi connectivity index (χ1) is 11.3. The van der Waals surface area contributed by atoms with Gasteiger partial charge in [-0.05, 0) is 36.4 Å². The minimum Gasteiger partial charge on any atom is -0.368 e. The van der Waals surface area contributed by atoms with Crippen LogP contribution >= 0.6 is 0 Å². The summed E-state index contributed by atoms with van der Waals surface area (Å²) in [5, 5.41) is 11.6. The van der Waals surface area contributed by atoms with Crippen molar-refractivity contribution in [1.29, 1.82) is 0 Å². The molecule has 3 aromatic heterocycles. The average Bonchev–Trinajstić information content (AvgIpc) is 2.99. The van der Waals surface area contributed by atoms with Crippen LogP contribution in [0.4, 0.5) is 17.5 Å². The van der Waals surface area contributed by atoms with E-state index in [0.717, 1.165) is 27.8 Å². The number of nitrogen functional groups attached to an aromatic ring is 1. The molecule has 0 radical (unpaired) electrons. The van der Waals surface area contributed by atoms with Gasteiger partial charge in [-0.2, -0.15) is 10.1 Å². The quantitative estimate of drug-likeness (QED) is 0.537. The Bertz CT molecular complexity index is 963. The molecule has 0 spiro atoms. The predicted molar refractivity (Wildman–Crippen MR) is 89.1 cm³/mol. The minimum absolute atomic E-state index is 0.232. The summed E-state index contributed by atoms with van der Waals surface area (Å²) in [7, 11) is 0. The van der Waals surface area contributed by atoms with Gasteiger partial charge in [-0.25, -0.2) is 4.98 Å². The summed E-state index contributed by atoms with van der Waals surface area (Å²) >= 11 is 0. The van der Waals surface area contributed by atoms with Gasteiger partial charge in [-0.15, -0.1) is 0 Å². The molecule has 0 fully saturated rings. The number of hydrogen-bond donors (Lipinski definition) is 3. The SMILES string of the molecule is Nc1nccc(Nc2ccc3[nH]nc(-c4cccnc4)c3c2)n1. The Morgan fingerprint density at radius 1 is 1.09 bits per heavy atom. The Hall–Kier alpha value is -3.48. The normalized spacial score (nSPS) is 10.8. The molecule has 0 aliphatic rings. The van der Waals surface area contributed by atoms with E-state index in [0.29, 0.717) is 5.82 Å². The van der Waals surface area contributed by atoms with Gasteiger partial charge >= 0.3 is 0 Å². The number of nitrogens with zero attached hydrogens (tertiary/aromatic N) is 4. The molecular formula is C16H13N7. The van der Waals surface area contributed by atoms with E-state index in [4.69, 9.17) is 5.73 Å². The molecule has 0 bridgehead atoms. The molecule has 112 valence electrons.